The van der Waals surface area contributed by atoms with Gasteiger partial charge >= 0.3 is 12.1 Å². The predicted octanol–water partition coefficient (Wildman–Crippen LogP) is 0.802. The zero-order valence-electron chi connectivity index (χ0n) is 13.1. The minimum Gasteiger partial charge on any atom is -0.445 e. The van der Waals surface area contributed by atoms with E-state index in [1.165, 1.54) is 0 Å². The monoisotopic (exact) mass is 345 g/mol. The van der Waals surface area contributed by atoms with Gasteiger partial charge in [-0.15, -0.1) is 5.06 Å². The fourth-order valence-electron chi connectivity index (χ4n) is 2.00. The third-order valence-corrected chi connectivity index (χ3v) is 3.27. The molecule has 0 bridgehead atoms. The van der Waals surface area contributed by atoms with Gasteiger partial charge in [-0.25, -0.2) is 9.59 Å². The molecule has 25 heavy (non-hydrogen) atoms. The molecule has 9 heteroatoms. The number of nitrogens with zero attached hydrogens (tertiary/aromatic N) is 2. The van der Waals surface area contributed by atoms with Gasteiger partial charge in [-0.3, -0.25) is 9.59 Å². The number of carbonyl (C=O) groups is 4. The Morgan fingerprint density at radius 2 is 1.84 bits per heavy atom. The van der Waals surface area contributed by atoms with Crippen LogP contribution in [0, 0.1) is 11.3 Å². The zero-order valence-corrected chi connectivity index (χ0v) is 13.1. The van der Waals surface area contributed by atoms with Crippen molar-refractivity contribution in [1.82, 2.24) is 10.4 Å². The Hall–Kier alpha value is -3.41. The molecule has 0 aliphatic carbocycles. The van der Waals surface area contributed by atoms with Gasteiger partial charge < -0.3 is 14.9 Å². The summed E-state index contributed by atoms with van der Waals surface area (Å²) in [7, 11) is 0. The van der Waals surface area contributed by atoms with Gasteiger partial charge in [0, 0.05) is 12.8 Å². The number of ether oxygens (including phenoxy) is 1. The van der Waals surface area contributed by atoms with Gasteiger partial charge in [-0.05, 0) is 5.56 Å². The van der Waals surface area contributed by atoms with Crippen LogP contribution in [0.3, 0.4) is 0 Å². The summed E-state index contributed by atoms with van der Waals surface area (Å²) in [6.07, 6.45) is -1.45. The summed E-state index contributed by atoms with van der Waals surface area (Å²) in [5.74, 6) is -2.40. The largest absolute Gasteiger partial charge is 0.445 e. The Labute approximate surface area is 143 Å². The minimum absolute atomic E-state index is 0.0237. The lowest BCUT2D eigenvalue weighted by atomic mass is 10.2. The third kappa shape index (κ3) is 5.04. The van der Waals surface area contributed by atoms with Crippen LogP contribution in [-0.4, -0.2) is 35.0 Å². The highest BCUT2D eigenvalue weighted by Crippen LogP contribution is 2.13. The van der Waals surface area contributed by atoms with Crippen LogP contribution in [0.2, 0.25) is 0 Å². The van der Waals surface area contributed by atoms with E-state index in [1.807, 2.05) is 6.07 Å². The summed E-state index contributed by atoms with van der Waals surface area (Å²) in [5, 5.41) is 11.3. The van der Waals surface area contributed by atoms with E-state index in [4.69, 9.17) is 10.00 Å². The Kier molecular flexibility index (Phi) is 6.06. The molecule has 1 aromatic rings. The van der Waals surface area contributed by atoms with Gasteiger partial charge in [0.25, 0.3) is 11.8 Å². The smallest absolute Gasteiger partial charge is 0.408 e. The van der Waals surface area contributed by atoms with Crippen molar-refractivity contribution < 1.29 is 28.8 Å². The normalized spacial score (nSPS) is 14.6. The maximum atomic E-state index is 12.0. The standard InChI is InChI=1S/C16H15N3O6/c17-9-8-12(15(22)25-19-13(20)6-7-14(19)21)18-16(23)24-10-11-4-2-1-3-5-11/h1-5,12H,6-8,10H2,(H,18,23)/t12-/m0/s1. The Balaban J connectivity index is 1.89. The molecular formula is C16H15N3O6. The summed E-state index contributed by atoms with van der Waals surface area (Å²) < 4.78 is 4.95. The first kappa shape index (κ1) is 17.9. The maximum absolute atomic E-state index is 12.0. The summed E-state index contributed by atoms with van der Waals surface area (Å²) in [6, 6.07) is 9.20. The van der Waals surface area contributed by atoms with Crippen molar-refractivity contribution in [2.45, 2.75) is 31.9 Å². The molecule has 1 aliphatic heterocycles. The zero-order chi connectivity index (χ0) is 18.2. The van der Waals surface area contributed by atoms with Crippen molar-refractivity contribution in [1.29, 1.82) is 5.26 Å². The minimum atomic E-state index is -1.37. The number of hydrogen-bond donors (Lipinski definition) is 1. The maximum Gasteiger partial charge on any atom is 0.408 e. The molecule has 0 saturated carbocycles. The molecule has 9 nitrogen and oxygen atoms in total. The summed E-state index contributed by atoms with van der Waals surface area (Å²) in [6.45, 7) is -0.0237. The average molecular weight is 345 g/mol. The van der Waals surface area contributed by atoms with Gasteiger partial charge in [-0.1, -0.05) is 30.3 Å². The van der Waals surface area contributed by atoms with Crippen LogP contribution in [0.5, 0.6) is 0 Å². The van der Waals surface area contributed by atoms with Crippen molar-refractivity contribution in [3.63, 3.8) is 0 Å². The Morgan fingerprint density at radius 1 is 1.20 bits per heavy atom. The quantitative estimate of drug-likeness (QED) is 0.756. The van der Waals surface area contributed by atoms with E-state index in [9.17, 15) is 19.2 Å². The number of imide groups is 1. The SMILES string of the molecule is N#CC[C@H](NC(=O)OCc1ccccc1)C(=O)ON1C(=O)CCC1=O. The van der Waals surface area contributed by atoms with Crippen molar-refractivity contribution in [3.05, 3.63) is 35.9 Å². The number of carbonyl (C=O) groups excluding carboxylic acids is 4. The van der Waals surface area contributed by atoms with Gasteiger partial charge in [0.15, 0.2) is 0 Å². The van der Waals surface area contributed by atoms with Crippen LogP contribution < -0.4 is 5.32 Å². The molecule has 3 amide bonds. The summed E-state index contributed by atoms with van der Waals surface area (Å²) in [5.41, 5.74) is 0.741. The molecule has 1 saturated heterocycles. The molecule has 1 aromatic carbocycles. The first-order valence-electron chi connectivity index (χ1n) is 7.43. The predicted molar refractivity (Wildman–Crippen MR) is 81.0 cm³/mol. The van der Waals surface area contributed by atoms with Gasteiger partial charge in [0.1, 0.15) is 12.6 Å². The average Bonchev–Trinajstić information content (AvgIpc) is 2.92. The Morgan fingerprint density at radius 3 is 2.44 bits per heavy atom. The second kappa shape index (κ2) is 8.44. The number of amides is 3. The number of rotatable bonds is 6. The number of benzene rings is 1. The fourth-order valence-corrected chi connectivity index (χ4v) is 2.00. The second-order valence-corrected chi connectivity index (χ2v) is 5.11. The van der Waals surface area contributed by atoms with Gasteiger partial charge in [0.05, 0.1) is 12.5 Å². The molecule has 130 valence electrons. The molecule has 2 rings (SSSR count). The molecule has 1 N–H and O–H groups in total. The fraction of sp³-hybridized carbons (Fsp3) is 0.312. The van der Waals surface area contributed by atoms with Crippen molar-refractivity contribution in [3.8, 4) is 6.07 Å². The number of hydroxylamine groups is 2. The molecule has 0 unspecified atom stereocenters. The van der Waals surface area contributed by atoms with E-state index in [-0.39, 0.29) is 19.4 Å². The lowest BCUT2D eigenvalue weighted by Gasteiger charge is -2.18. The topological polar surface area (TPSA) is 126 Å². The van der Waals surface area contributed by atoms with Crippen LogP contribution >= 0.6 is 0 Å². The second-order valence-electron chi connectivity index (χ2n) is 5.11. The first-order valence-corrected chi connectivity index (χ1v) is 7.43. The van der Waals surface area contributed by atoms with Gasteiger partial charge in [0.2, 0.25) is 0 Å². The van der Waals surface area contributed by atoms with E-state index in [0.29, 0.717) is 5.06 Å². The molecular weight excluding hydrogens is 330 g/mol. The van der Waals surface area contributed by atoms with E-state index in [1.54, 1.807) is 30.3 Å². The summed E-state index contributed by atoms with van der Waals surface area (Å²) >= 11 is 0. The lowest BCUT2D eigenvalue weighted by Crippen LogP contribution is -2.45. The van der Waals surface area contributed by atoms with Gasteiger partial charge in [-0.2, -0.15) is 5.26 Å². The molecule has 1 heterocycles. The molecule has 0 spiro atoms. The molecule has 1 fully saturated rings. The van der Waals surface area contributed by atoms with Crippen LogP contribution in [0.4, 0.5) is 4.79 Å². The first-order chi connectivity index (χ1) is 12.0. The highest BCUT2D eigenvalue weighted by atomic mass is 16.7. The van der Waals surface area contributed by atoms with Crippen LogP contribution in [-0.2, 0) is 30.6 Å². The molecule has 0 radical (unpaired) electrons. The van der Waals surface area contributed by atoms with Crippen LogP contribution in [0.25, 0.3) is 0 Å². The highest BCUT2D eigenvalue weighted by Gasteiger charge is 2.35. The van der Waals surface area contributed by atoms with E-state index in [0.717, 1.165) is 5.56 Å². The highest BCUT2D eigenvalue weighted by molar-refractivity contribution is 6.01. The molecule has 1 aliphatic rings. The number of alkyl carbamates (subject to hydrolysis) is 1. The van der Waals surface area contributed by atoms with Crippen molar-refractivity contribution in [2.24, 2.45) is 0 Å². The lowest BCUT2D eigenvalue weighted by molar-refractivity contribution is -0.198. The van der Waals surface area contributed by atoms with Crippen LogP contribution in [0.15, 0.2) is 30.3 Å². The van der Waals surface area contributed by atoms with Crippen LogP contribution in [0.1, 0.15) is 24.8 Å². The van der Waals surface area contributed by atoms with E-state index < -0.39 is 36.3 Å². The number of nitriles is 1. The third-order valence-electron chi connectivity index (χ3n) is 3.27. The van der Waals surface area contributed by atoms with Crippen molar-refractivity contribution in [2.75, 3.05) is 0 Å². The number of hydrogen-bond acceptors (Lipinski definition) is 7. The molecule has 0 aromatic heterocycles. The van der Waals surface area contributed by atoms with E-state index >= 15 is 0 Å². The molecule has 1 atom stereocenters. The summed E-state index contributed by atoms with van der Waals surface area (Å²) in [4.78, 5) is 51.3. The number of nitrogens with one attached hydrogen (secondary N) is 1. The van der Waals surface area contributed by atoms with E-state index in [2.05, 4.69) is 10.2 Å². The Bertz CT molecular complexity index is 696. The van der Waals surface area contributed by atoms with Crippen molar-refractivity contribution >= 4 is 23.9 Å².